The van der Waals surface area contributed by atoms with Gasteiger partial charge in [-0.3, -0.25) is 0 Å². The summed E-state index contributed by atoms with van der Waals surface area (Å²) >= 11 is 0. The van der Waals surface area contributed by atoms with Crippen LogP contribution in [-0.4, -0.2) is 6.04 Å². The Bertz CT molecular complexity index is 257. The maximum absolute atomic E-state index is 3.61. The fourth-order valence-corrected chi connectivity index (χ4v) is 1.87. The SMILES string of the molecule is CCCC(CCC)Nc1ccc(C)cc1. The van der Waals surface area contributed by atoms with Crippen LogP contribution in [0, 0.1) is 6.92 Å². The topological polar surface area (TPSA) is 12.0 Å². The first-order chi connectivity index (χ1) is 7.26. The van der Waals surface area contributed by atoms with Crippen molar-refractivity contribution in [1.82, 2.24) is 0 Å². The molecule has 0 aliphatic carbocycles. The molecule has 0 spiro atoms. The van der Waals surface area contributed by atoms with Gasteiger partial charge in [-0.25, -0.2) is 0 Å². The van der Waals surface area contributed by atoms with Crippen molar-refractivity contribution < 1.29 is 0 Å². The molecule has 0 saturated heterocycles. The Hall–Kier alpha value is -0.980. The highest BCUT2D eigenvalue weighted by Gasteiger charge is 2.05. The van der Waals surface area contributed by atoms with Crippen LogP contribution >= 0.6 is 0 Å². The lowest BCUT2D eigenvalue weighted by Gasteiger charge is -2.18. The molecule has 0 fully saturated rings. The third-order valence-electron chi connectivity index (χ3n) is 2.70. The van der Waals surface area contributed by atoms with E-state index < -0.39 is 0 Å². The molecule has 0 saturated carbocycles. The van der Waals surface area contributed by atoms with Crippen molar-refractivity contribution in [3.05, 3.63) is 29.8 Å². The Balaban J connectivity index is 2.53. The summed E-state index contributed by atoms with van der Waals surface area (Å²) in [4.78, 5) is 0. The van der Waals surface area contributed by atoms with E-state index in [0.717, 1.165) is 0 Å². The van der Waals surface area contributed by atoms with E-state index in [-0.39, 0.29) is 0 Å². The summed E-state index contributed by atoms with van der Waals surface area (Å²) in [6.45, 7) is 6.62. The highest BCUT2D eigenvalue weighted by Crippen LogP contribution is 2.14. The van der Waals surface area contributed by atoms with Crippen molar-refractivity contribution in [2.75, 3.05) is 5.32 Å². The zero-order valence-corrected chi connectivity index (χ0v) is 10.2. The van der Waals surface area contributed by atoms with Gasteiger partial charge >= 0.3 is 0 Å². The fourth-order valence-electron chi connectivity index (χ4n) is 1.87. The summed E-state index contributed by atoms with van der Waals surface area (Å²) in [5, 5.41) is 3.61. The minimum Gasteiger partial charge on any atom is -0.382 e. The van der Waals surface area contributed by atoms with Crippen LogP contribution in [-0.2, 0) is 0 Å². The maximum atomic E-state index is 3.61. The van der Waals surface area contributed by atoms with Crippen molar-refractivity contribution >= 4 is 5.69 Å². The quantitative estimate of drug-likeness (QED) is 0.727. The van der Waals surface area contributed by atoms with Gasteiger partial charge < -0.3 is 5.32 Å². The molecule has 1 heteroatoms. The van der Waals surface area contributed by atoms with Crippen LogP contribution in [0.2, 0.25) is 0 Å². The minimum atomic E-state index is 0.641. The molecule has 1 aromatic carbocycles. The summed E-state index contributed by atoms with van der Waals surface area (Å²) in [5.41, 5.74) is 2.58. The van der Waals surface area contributed by atoms with Crippen molar-refractivity contribution in [2.45, 2.75) is 52.5 Å². The number of hydrogen-bond donors (Lipinski definition) is 1. The van der Waals surface area contributed by atoms with Crippen LogP contribution < -0.4 is 5.32 Å². The average Bonchev–Trinajstić information content (AvgIpc) is 2.22. The van der Waals surface area contributed by atoms with Crippen LogP contribution in [0.5, 0.6) is 0 Å². The lowest BCUT2D eigenvalue weighted by molar-refractivity contribution is 0.586. The molecule has 0 bridgehead atoms. The second kappa shape index (κ2) is 6.49. The smallest absolute Gasteiger partial charge is 0.0342 e. The first-order valence-corrected chi connectivity index (χ1v) is 6.09. The molecule has 0 amide bonds. The van der Waals surface area contributed by atoms with Gasteiger partial charge in [0.2, 0.25) is 0 Å². The van der Waals surface area contributed by atoms with Crippen molar-refractivity contribution in [3.8, 4) is 0 Å². The molecule has 1 aromatic rings. The summed E-state index contributed by atoms with van der Waals surface area (Å²) in [7, 11) is 0. The van der Waals surface area contributed by atoms with Gasteiger partial charge in [-0.1, -0.05) is 44.4 Å². The molecule has 1 rings (SSSR count). The molecule has 1 N–H and O–H groups in total. The number of rotatable bonds is 6. The molecule has 0 heterocycles. The number of hydrogen-bond acceptors (Lipinski definition) is 1. The zero-order chi connectivity index (χ0) is 11.1. The standard InChI is InChI=1S/C14H23N/c1-4-6-13(7-5-2)15-14-10-8-12(3)9-11-14/h8-11,13,15H,4-7H2,1-3H3. The normalized spacial score (nSPS) is 10.7. The average molecular weight is 205 g/mol. The lowest BCUT2D eigenvalue weighted by atomic mass is 10.1. The number of nitrogens with one attached hydrogen (secondary N) is 1. The Morgan fingerprint density at radius 1 is 1.00 bits per heavy atom. The van der Waals surface area contributed by atoms with Gasteiger partial charge in [0.05, 0.1) is 0 Å². The first-order valence-electron chi connectivity index (χ1n) is 6.09. The molecule has 0 atom stereocenters. The fraction of sp³-hybridized carbons (Fsp3) is 0.571. The number of anilines is 1. The molecule has 0 radical (unpaired) electrons. The van der Waals surface area contributed by atoms with Gasteiger partial charge in [0, 0.05) is 11.7 Å². The third kappa shape index (κ3) is 4.37. The first kappa shape index (κ1) is 12.1. The van der Waals surface area contributed by atoms with Crippen LogP contribution in [0.1, 0.15) is 45.1 Å². The zero-order valence-electron chi connectivity index (χ0n) is 10.2. The molecule has 0 aliphatic heterocycles. The van der Waals surface area contributed by atoms with Crippen molar-refractivity contribution in [3.63, 3.8) is 0 Å². The maximum Gasteiger partial charge on any atom is 0.0342 e. The Kier molecular flexibility index (Phi) is 5.23. The van der Waals surface area contributed by atoms with Gasteiger partial charge in [-0.15, -0.1) is 0 Å². The second-order valence-corrected chi connectivity index (χ2v) is 4.28. The molecule has 15 heavy (non-hydrogen) atoms. The molecular weight excluding hydrogens is 182 g/mol. The monoisotopic (exact) mass is 205 g/mol. The van der Waals surface area contributed by atoms with E-state index in [0.29, 0.717) is 6.04 Å². The highest BCUT2D eigenvalue weighted by molar-refractivity contribution is 5.45. The van der Waals surface area contributed by atoms with Crippen LogP contribution in [0.3, 0.4) is 0 Å². The molecule has 84 valence electrons. The van der Waals surface area contributed by atoms with Gasteiger partial charge in [0.1, 0.15) is 0 Å². The molecular formula is C14H23N. The molecule has 1 nitrogen and oxygen atoms in total. The Morgan fingerprint density at radius 3 is 2.00 bits per heavy atom. The molecule has 0 aromatic heterocycles. The summed E-state index contributed by atoms with van der Waals surface area (Å²) in [6.07, 6.45) is 5.04. The molecule has 0 unspecified atom stereocenters. The van der Waals surface area contributed by atoms with E-state index in [2.05, 4.69) is 50.4 Å². The third-order valence-corrected chi connectivity index (χ3v) is 2.70. The lowest BCUT2D eigenvalue weighted by Crippen LogP contribution is -2.18. The van der Waals surface area contributed by atoms with E-state index in [4.69, 9.17) is 0 Å². The van der Waals surface area contributed by atoms with Gasteiger partial charge in [-0.05, 0) is 31.9 Å². The van der Waals surface area contributed by atoms with E-state index in [1.165, 1.54) is 36.9 Å². The number of benzene rings is 1. The van der Waals surface area contributed by atoms with Gasteiger partial charge in [-0.2, -0.15) is 0 Å². The van der Waals surface area contributed by atoms with Crippen LogP contribution in [0.4, 0.5) is 5.69 Å². The Labute approximate surface area is 93.9 Å². The molecule has 0 aliphatic rings. The van der Waals surface area contributed by atoms with E-state index >= 15 is 0 Å². The summed E-state index contributed by atoms with van der Waals surface area (Å²) in [5.74, 6) is 0. The largest absolute Gasteiger partial charge is 0.382 e. The predicted octanol–water partition coefficient (Wildman–Crippen LogP) is 4.38. The van der Waals surface area contributed by atoms with Crippen LogP contribution in [0.25, 0.3) is 0 Å². The Morgan fingerprint density at radius 2 is 1.53 bits per heavy atom. The van der Waals surface area contributed by atoms with Crippen molar-refractivity contribution in [2.24, 2.45) is 0 Å². The second-order valence-electron chi connectivity index (χ2n) is 4.28. The van der Waals surface area contributed by atoms with E-state index in [1.807, 2.05) is 0 Å². The van der Waals surface area contributed by atoms with Crippen molar-refractivity contribution in [1.29, 1.82) is 0 Å². The highest BCUT2D eigenvalue weighted by atomic mass is 14.9. The van der Waals surface area contributed by atoms with E-state index in [1.54, 1.807) is 0 Å². The van der Waals surface area contributed by atoms with E-state index in [9.17, 15) is 0 Å². The predicted molar refractivity (Wildman–Crippen MR) is 68.4 cm³/mol. The summed E-state index contributed by atoms with van der Waals surface area (Å²) < 4.78 is 0. The summed E-state index contributed by atoms with van der Waals surface area (Å²) in [6, 6.07) is 9.32. The number of aryl methyl sites for hydroxylation is 1. The van der Waals surface area contributed by atoms with Crippen LogP contribution in [0.15, 0.2) is 24.3 Å². The van der Waals surface area contributed by atoms with Gasteiger partial charge in [0.15, 0.2) is 0 Å². The minimum absolute atomic E-state index is 0.641. The van der Waals surface area contributed by atoms with Gasteiger partial charge in [0.25, 0.3) is 0 Å².